The first-order chi connectivity index (χ1) is 10.3. The number of hydrogen-bond donors (Lipinski definition) is 1. The number of benzene rings is 1. The lowest BCUT2D eigenvalue weighted by Gasteiger charge is -2.25. The topological polar surface area (TPSA) is 60.5 Å². The fourth-order valence-corrected chi connectivity index (χ4v) is 2.48. The summed E-state index contributed by atoms with van der Waals surface area (Å²) in [4.78, 5) is 16.6. The molecule has 1 aromatic heterocycles. The van der Waals surface area contributed by atoms with Crippen LogP contribution < -0.4 is 14.8 Å². The van der Waals surface area contributed by atoms with Gasteiger partial charge in [-0.05, 0) is 24.6 Å². The molecule has 1 N–H and O–H groups in total. The number of nitrogens with one attached hydrogen (secondary N) is 1. The maximum atomic E-state index is 12.5. The number of anilines is 1. The molecule has 1 atom stereocenters. The predicted octanol–water partition coefficient (Wildman–Crippen LogP) is 2.60. The molecule has 21 heavy (non-hydrogen) atoms. The zero-order chi connectivity index (χ0) is 14.7. The van der Waals surface area contributed by atoms with E-state index < -0.39 is 0 Å². The molecule has 0 saturated carbocycles. The molecule has 0 saturated heterocycles. The lowest BCUT2D eigenvalue weighted by Crippen LogP contribution is -2.26. The highest BCUT2D eigenvalue weighted by molar-refractivity contribution is 5.97. The average Bonchev–Trinajstić information content (AvgIpc) is 2.54. The molecule has 3 rings (SSSR count). The Morgan fingerprint density at radius 1 is 1.33 bits per heavy atom. The summed E-state index contributed by atoms with van der Waals surface area (Å²) in [5, 5.41) is 2.89. The molecule has 2 aromatic rings. The van der Waals surface area contributed by atoms with E-state index in [2.05, 4.69) is 10.3 Å². The van der Waals surface area contributed by atoms with Crippen LogP contribution in [-0.2, 0) is 4.79 Å². The molecule has 5 nitrogen and oxygen atoms in total. The number of carbonyl (C=O) groups excluding carboxylic acids is 1. The van der Waals surface area contributed by atoms with Crippen LogP contribution in [0, 0.1) is 0 Å². The van der Waals surface area contributed by atoms with Crippen molar-refractivity contribution >= 4 is 11.6 Å². The zero-order valence-corrected chi connectivity index (χ0v) is 11.7. The monoisotopic (exact) mass is 284 g/mol. The summed E-state index contributed by atoms with van der Waals surface area (Å²) < 4.78 is 10.7. The number of aromatic nitrogens is 1. The van der Waals surface area contributed by atoms with Gasteiger partial charge in [-0.15, -0.1) is 0 Å². The number of carbonyl (C=O) groups is 1. The van der Waals surface area contributed by atoms with Gasteiger partial charge in [-0.3, -0.25) is 4.79 Å². The van der Waals surface area contributed by atoms with E-state index in [1.54, 1.807) is 18.3 Å². The van der Waals surface area contributed by atoms with Gasteiger partial charge in [0, 0.05) is 11.8 Å². The van der Waals surface area contributed by atoms with E-state index in [0.717, 1.165) is 11.3 Å². The Kier molecular flexibility index (Phi) is 3.73. The molecule has 0 fully saturated rings. The number of para-hydroxylation sites is 1. The third kappa shape index (κ3) is 2.67. The Morgan fingerprint density at radius 2 is 2.19 bits per heavy atom. The van der Waals surface area contributed by atoms with E-state index in [9.17, 15) is 4.79 Å². The lowest BCUT2D eigenvalue weighted by molar-refractivity contribution is -0.118. The number of pyridine rings is 1. The van der Waals surface area contributed by atoms with Crippen LogP contribution in [0.4, 0.5) is 5.69 Å². The molecule has 0 spiro atoms. The van der Waals surface area contributed by atoms with Gasteiger partial charge < -0.3 is 14.8 Å². The van der Waals surface area contributed by atoms with Gasteiger partial charge in [-0.1, -0.05) is 18.2 Å². The van der Waals surface area contributed by atoms with Crippen LogP contribution in [0.3, 0.4) is 0 Å². The highest BCUT2D eigenvalue weighted by Crippen LogP contribution is 2.34. The molecule has 0 bridgehead atoms. The van der Waals surface area contributed by atoms with E-state index in [-0.39, 0.29) is 11.8 Å². The minimum atomic E-state index is -0.222. The van der Waals surface area contributed by atoms with Crippen molar-refractivity contribution in [1.82, 2.24) is 4.98 Å². The highest BCUT2D eigenvalue weighted by atomic mass is 16.5. The smallest absolute Gasteiger partial charge is 0.237 e. The van der Waals surface area contributed by atoms with Gasteiger partial charge >= 0.3 is 0 Å². The Balaban J connectivity index is 1.84. The van der Waals surface area contributed by atoms with Crippen molar-refractivity contribution in [3.63, 3.8) is 0 Å². The minimum Gasteiger partial charge on any atom is -0.493 e. The fourth-order valence-electron chi connectivity index (χ4n) is 2.48. The summed E-state index contributed by atoms with van der Waals surface area (Å²) in [7, 11) is 1.53. The molecule has 1 aromatic carbocycles. The zero-order valence-electron chi connectivity index (χ0n) is 11.7. The number of methoxy groups -OCH3 is 1. The first-order valence-corrected chi connectivity index (χ1v) is 6.81. The number of amides is 1. The summed E-state index contributed by atoms with van der Waals surface area (Å²) in [5.74, 6) is 0.894. The second kappa shape index (κ2) is 5.83. The van der Waals surface area contributed by atoms with Gasteiger partial charge in [-0.2, -0.15) is 0 Å². The predicted molar refractivity (Wildman–Crippen MR) is 78.7 cm³/mol. The van der Waals surface area contributed by atoms with Crippen LogP contribution >= 0.6 is 0 Å². The molecule has 2 heterocycles. The molecule has 5 heteroatoms. The summed E-state index contributed by atoms with van der Waals surface area (Å²) in [6.07, 6.45) is 2.28. The van der Waals surface area contributed by atoms with Gasteiger partial charge in [0.15, 0.2) is 0 Å². The van der Waals surface area contributed by atoms with Gasteiger partial charge in [0.1, 0.15) is 11.4 Å². The molecule has 108 valence electrons. The van der Waals surface area contributed by atoms with Crippen molar-refractivity contribution in [2.24, 2.45) is 0 Å². The maximum absolute atomic E-state index is 12.5. The second-order valence-electron chi connectivity index (χ2n) is 4.78. The highest BCUT2D eigenvalue weighted by Gasteiger charge is 2.27. The molecular weight excluding hydrogens is 268 g/mol. The van der Waals surface area contributed by atoms with E-state index >= 15 is 0 Å². The van der Waals surface area contributed by atoms with E-state index in [1.165, 1.54) is 7.11 Å². The number of ether oxygens (including phenoxy) is 2. The largest absolute Gasteiger partial charge is 0.493 e. The van der Waals surface area contributed by atoms with E-state index in [4.69, 9.17) is 9.47 Å². The Bertz CT molecular complexity index is 657. The van der Waals surface area contributed by atoms with Crippen molar-refractivity contribution in [2.45, 2.75) is 12.3 Å². The molecular formula is C16H16N2O3. The number of fused-ring (bicyclic) bond motifs is 1. The normalized spacial score (nSPS) is 16.5. The van der Waals surface area contributed by atoms with Gasteiger partial charge in [-0.25, -0.2) is 4.98 Å². The van der Waals surface area contributed by atoms with Crippen LogP contribution in [0.25, 0.3) is 0 Å². The first-order valence-electron chi connectivity index (χ1n) is 6.81. The Morgan fingerprint density at radius 3 is 3.05 bits per heavy atom. The van der Waals surface area contributed by atoms with E-state index in [0.29, 0.717) is 24.6 Å². The summed E-state index contributed by atoms with van der Waals surface area (Å²) in [5.41, 5.74) is 1.50. The van der Waals surface area contributed by atoms with Gasteiger partial charge in [0.25, 0.3) is 0 Å². The Labute approximate surface area is 122 Å². The molecule has 0 aliphatic carbocycles. The fraction of sp³-hybridized carbons (Fsp3) is 0.250. The third-order valence-electron chi connectivity index (χ3n) is 3.50. The SMILES string of the molecule is COc1ncccc1NC(=O)C1CCOc2ccccc21. The minimum absolute atomic E-state index is 0.0722. The quantitative estimate of drug-likeness (QED) is 0.941. The number of hydrogen-bond acceptors (Lipinski definition) is 4. The van der Waals surface area contributed by atoms with Crippen molar-refractivity contribution < 1.29 is 14.3 Å². The van der Waals surface area contributed by atoms with Crippen molar-refractivity contribution in [3.05, 3.63) is 48.2 Å². The molecule has 1 unspecified atom stereocenters. The van der Waals surface area contributed by atoms with Gasteiger partial charge in [0.05, 0.1) is 19.6 Å². The number of rotatable bonds is 3. The van der Waals surface area contributed by atoms with Crippen molar-refractivity contribution in [1.29, 1.82) is 0 Å². The van der Waals surface area contributed by atoms with Crippen LogP contribution in [0.2, 0.25) is 0 Å². The van der Waals surface area contributed by atoms with Crippen LogP contribution in [0.5, 0.6) is 11.6 Å². The maximum Gasteiger partial charge on any atom is 0.237 e. The first kappa shape index (κ1) is 13.4. The lowest BCUT2D eigenvalue weighted by atomic mass is 9.92. The van der Waals surface area contributed by atoms with Crippen LogP contribution in [-0.4, -0.2) is 24.6 Å². The number of nitrogens with zero attached hydrogens (tertiary/aromatic N) is 1. The van der Waals surface area contributed by atoms with Crippen LogP contribution in [0.1, 0.15) is 17.9 Å². The summed E-state index contributed by atoms with van der Waals surface area (Å²) in [6.45, 7) is 0.541. The van der Waals surface area contributed by atoms with Crippen molar-refractivity contribution in [2.75, 3.05) is 19.0 Å². The molecule has 1 aliphatic heterocycles. The van der Waals surface area contributed by atoms with E-state index in [1.807, 2.05) is 24.3 Å². The summed E-state index contributed by atoms with van der Waals surface area (Å²) >= 11 is 0. The average molecular weight is 284 g/mol. The third-order valence-corrected chi connectivity index (χ3v) is 3.50. The Hall–Kier alpha value is -2.56. The van der Waals surface area contributed by atoms with Crippen LogP contribution in [0.15, 0.2) is 42.6 Å². The summed E-state index contributed by atoms with van der Waals surface area (Å²) in [6, 6.07) is 11.2. The standard InChI is InChI=1S/C16H16N2O3/c1-20-16-13(6-4-9-17-16)18-15(19)12-8-10-21-14-7-3-2-5-11(12)14/h2-7,9,12H,8,10H2,1H3,(H,18,19). The molecule has 1 amide bonds. The van der Waals surface area contributed by atoms with Crippen molar-refractivity contribution in [3.8, 4) is 11.6 Å². The second-order valence-corrected chi connectivity index (χ2v) is 4.78. The molecule has 1 aliphatic rings. The van der Waals surface area contributed by atoms with Gasteiger partial charge in [0.2, 0.25) is 11.8 Å². The molecule has 0 radical (unpaired) electrons.